The zero-order valence-electron chi connectivity index (χ0n) is 12.9. The highest BCUT2D eigenvalue weighted by Gasteiger charge is 2.29. The van der Waals surface area contributed by atoms with Gasteiger partial charge in [-0.15, -0.1) is 0 Å². The Hall–Kier alpha value is -3.24. The zero-order valence-corrected chi connectivity index (χ0v) is 12.9. The molecule has 0 atom stereocenters. The molecule has 0 unspecified atom stereocenters. The molecule has 0 bridgehead atoms. The summed E-state index contributed by atoms with van der Waals surface area (Å²) in [5, 5.41) is 25.8. The quantitative estimate of drug-likeness (QED) is 0.640. The van der Waals surface area contributed by atoms with Crippen LogP contribution in [0.2, 0.25) is 0 Å². The molecule has 1 aliphatic heterocycles. The van der Waals surface area contributed by atoms with E-state index >= 15 is 0 Å². The van der Waals surface area contributed by atoms with Gasteiger partial charge in [-0.2, -0.15) is 10.3 Å². The topological polar surface area (TPSA) is 85.8 Å². The third-order valence-corrected chi connectivity index (χ3v) is 3.69. The standard InChI is InChI=1S/C17H15N5O2/c18-10-14-6-8-16(9-7-14)21-13-20(12-17(19-21)22(23)24)11-15-4-2-1-3-5-15/h1-9H,11-13H2. The number of benzene rings is 2. The molecular weight excluding hydrogens is 306 g/mol. The number of hydrogen-bond acceptors (Lipinski definition) is 6. The molecule has 120 valence electrons. The lowest BCUT2D eigenvalue weighted by atomic mass is 10.2. The third kappa shape index (κ3) is 3.56. The monoisotopic (exact) mass is 321 g/mol. The van der Waals surface area contributed by atoms with Crippen LogP contribution in [0.25, 0.3) is 0 Å². The number of nitriles is 1. The van der Waals surface area contributed by atoms with Crippen molar-refractivity contribution in [1.82, 2.24) is 4.90 Å². The highest BCUT2D eigenvalue weighted by atomic mass is 16.6. The van der Waals surface area contributed by atoms with E-state index in [9.17, 15) is 10.1 Å². The molecule has 2 aromatic carbocycles. The Morgan fingerprint density at radius 3 is 2.50 bits per heavy atom. The van der Waals surface area contributed by atoms with E-state index in [2.05, 4.69) is 11.2 Å². The first-order chi connectivity index (χ1) is 11.7. The fourth-order valence-corrected chi connectivity index (χ4v) is 2.53. The van der Waals surface area contributed by atoms with Gasteiger partial charge in [-0.3, -0.25) is 4.90 Å². The molecule has 0 spiro atoms. The molecule has 1 aliphatic rings. The molecule has 0 aliphatic carbocycles. The predicted octanol–water partition coefficient (Wildman–Crippen LogP) is 2.43. The van der Waals surface area contributed by atoms with Gasteiger partial charge in [-0.05, 0) is 34.8 Å². The Kier molecular flexibility index (Phi) is 4.50. The van der Waals surface area contributed by atoms with Gasteiger partial charge in [0.2, 0.25) is 0 Å². The Morgan fingerprint density at radius 2 is 1.88 bits per heavy atom. The molecule has 0 amide bonds. The molecule has 0 radical (unpaired) electrons. The maximum Gasteiger partial charge on any atom is 0.378 e. The van der Waals surface area contributed by atoms with Crippen molar-refractivity contribution in [2.75, 3.05) is 18.2 Å². The van der Waals surface area contributed by atoms with Crippen LogP contribution < -0.4 is 5.01 Å². The SMILES string of the molecule is N#Cc1ccc(N2CN(Cc3ccccc3)CC([N+](=O)[O-])=N2)cc1. The fraction of sp³-hybridized carbons (Fsp3) is 0.176. The van der Waals surface area contributed by atoms with Crippen LogP contribution in [-0.4, -0.2) is 28.9 Å². The molecule has 7 heteroatoms. The van der Waals surface area contributed by atoms with Crippen LogP contribution >= 0.6 is 0 Å². The molecule has 0 N–H and O–H groups in total. The van der Waals surface area contributed by atoms with Crippen LogP contribution in [-0.2, 0) is 6.54 Å². The molecule has 7 nitrogen and oxygen atoms in total. The normalized spacial score (nSPS) is 14.8. The van der Waals surface area contributed by atoms with Crippen LogP contribution in [0.1, 0.15) is 11.1 Å². The number of nitrogens with zero attached hydrogens (tertiary/aromatic N) is 5. The maximum atomic E-state index is 11.2. The minimum atomic E-state index is -0.451. The van der Waals surface area contributed by atoms with E-state index in [0.29, 0.717) is 24.5 Å². The van der Waals surface area contributed by atoms with Gasteiger partial charge in [-0.1, -0.05) is 30.3 Å². The summed E-state index contributed by atoms with van der Waals surface area (Å²) in [5.41, 5.74) is 2.34. The van der Waals surface area contributed by atoms with E-state index < -0.39 is 4.92 Å². The average Bonchev–Trinajstić information content (AvgIpc) is 2.62. The second kappa shape index (κ2) is 6.89. The van der Waals surface area contributed by atoms with Crippen molar-refractivity contribution in [3.05, 3.63) is 75.8 Å². The number of hydrogen-bond donors (Lipinski definition) is 0. The first-order valence-electron chi connectivity index (χ1n) is 7.41. The Labute approximate surface area is 139 Å². The first-order valence-corrected chi connectivity index (χ1v) is 7.41. The van der Waals surface area contributed by atoms with Gasteiger partial charge in [0, 0.05) is 6.54 Å². The molecule has 0 fully saturated rings. The maximum absolute atomic E-state index is 11.2. The number of nitro groups is 1. The Bertz CT molecular complexity index is 796. The fourth-order valence-electron chi connectivity index (χ4n) is 2.53. The highest BCUT2D eigenvalue weighted by molar-refractivity contribution is 5.78. The van der Waals surface area contributed by atoms with Crippen molar-refractivity contribution in [3.63, 3.8) is 0 Å². The van der Waals surface area contributed by atoms with E-state index in [-0.39, 0.29) is 12.4 Å². The summed E-state index contributed by atoms with van der Waals surface area (Å²) in [4.78, 5) is 12.7. The van der Waals surface area contributed by atoms with E-state index in [1.165, 1.54) is 0 Å². The summed E-state index contributed by atoms with van der Waals surface area (Å²) in [6, 6.07) is 18.7. The van der Waals surface area contributed by atoms with Gasteiger partial charge in [0.15, 0.2) is 0 Å². The molecule has 0 saturated heterocycles. The molecule has 0 saturated carbocycles. The molecule has 1 heterocycles. The first kappa shape index (κ1) is 15.6. The van der Waals surface area contributed by atoms with Crippen molar-refractivity contribution in [3.8, 4) is 6.07 Å². The lowest BCUT2D eigenvalue weighted by Gasteiger charge is -2.28. The lowest BCUT2D eigenvalue weighted by molar-refractivity contribution is -0.354. The largest absolute Gasteiger partial charge is 0.378 e. The van der Waals surface area contributed by atoms with E-state index in [1.807, 2.05) is 35.2 Å². The van der Waals surface area contributed by atoms with E-state index in [1.54, 1.807) is 29.3 Å². The van der Waals surface area contributed by atoms with Gasteiger partial charge >= 0.3 is 5.84 Å². The van der Waals surface area contributed by atoms with E-state index in [4.69, 9.17) is 5.26 Å². The predicted molar refractivity (Wildman–Crippen MR) is 89.8 cm³/mol. The number of anilines is 1. The van der Waals surface area contributed by atoms with Crippen molar-refractivity contribution in [2.45, 2.75) is 6.54 Å². The number of amidine groups is 1. The summed E-state index contributed by atoms with van der Waals surface area (Å²) in [5.74, 6) is -0.0958. The second-order valence-electron chi connectivity index (χ2n) is 5.45. The van der Waals surface area contributed by atoms with Crippen molar-refractivity contribution < 1.29 is 4.92 Å². The molecule has 24 heavy (non-hydrogen) atoms. The van der Waals surface area contributed by atoms with Gasteiger partial charge in [0.05, 0.1) is 22.4 Å². The molecular formula is C17H15N5O2. The van der Waals surface area contributed by atoms with Gasteiger partial charge in [-0.25, -0.2) is 0 Å². The Morgan fingerprint density at radius 1 is 1.17 bits per heavy atom. The number of hydrazone groups is 1. The number of rotatable bonds is 3. The highest BCUT2D eigenvalue weighted by Crippen LogP contribution is 2.20. The van der Waals surface area contributed by atoms with Crippen molar-refractivity contribution in [2.24, 2.45) is 5.10 Å². The van der Waals surface area contributed by atoms with Gasteiger partial charge < -0.3 is 10.1 Å². The van der Waals surface area contributed by atoms with Crippen molar-refractivity contribution >= 4 is 11.5 Å². The van der Waals surface area contributed by atoms with Gasteiger partial charge in [0.1, 0.15) is 13.2 Å². The van der Waals surface area contributed by atoms with Crippen LogP contribution in [0.3, 0.4) is 0 Å². The minimum Gasteiger partial charge on any atom is -0.358 e. The summed E-state index contributed by atoms with van der Waals surface area (Å²) >= 11 is 0. The summed E-state index contributed by atoms with van der Waals surface area (Å²) < 4.78 is 0. The zero-order chi connectivity index (χ0) is 16.9. The second-order valence-corrected chi connectivity index (χ2v) is 5.45. The minimum absolute atomic E-state index is 0.0958. The van der Waals surface area contributed by atoms with E-state index in [0.717, 1.165) is 5.56 Å². The summed E-state index contributed by atoms with van der Waals surface area (Å²) in [7, 11) is 0. The van der Waals surface area contributed by atoms with Crippen LogP contribution in [0, 0.1) is 21.4 Å². The summed E-state index contributed by atoms with van der Waals surface area (Å²) in [6.45, 7) is 1.23. The average molecular weight is 321 g/mol. The van der Waals surface area contributed by atoms with Crippen LogP contribution in [0.5, 0.6) is 0 Å². The van der Waals surface area contributed by atoms with Crippen LogP contribution in [0.15, 0.2) is 59.7 Å². The summed E-state index contributed by atoms with van der Waals surface area (Å²) in [6.07, 6.45) is 0. The van der Waals surface area contributed by atoms with Crippen molar-refractivity contribution in [1.29, 1.82) is 5.26 Å². The molecule has 0 aromatic heterocycles. The van der Waals surface area contributed by atoms with Gasteiger partial charge in [0.25, 0.3) is 0 Å². The smallest absolute Gasteiger partial charge is 0.358 e. The lowest BCUT2D eigenvalue weighted by Crippen LogP contribution is -2.45. The third-order valence-electron chi connectivity index (χ3n) is 3.69. The molecule has 3 rings (SSSR count). The van der Waals surface area contributed by atoms with Crippen LogP contribution in [0.4, 0.5) is 5.69 Å². The Balaban J connectivity index is 1.83. The molecule has 2 aromatic rings.